The van der Waals surface area contributed by atoms with Gasteiger partial charge in [-0.1, -0.05) is 25.5 Å². The highest BCUT2D eigenvalue weighted by atomic mass is 35.5. The molecule has 1 rings (SSSR count). The summed E-state index contributed by atoms with van der Waals surface area (Å²) < 4.78 is 24.2. The molecule has 6 heteroatoms. The molecule has 0 amide bonds. The highest BCUT2D eigenvalue weighted by molar-refractivity contribution is 7.91. The van der Waals surface area contributed by atoms with Crippen molar-refractivity contribution in [3.63, 3.8) is 0 Å². The van der Waals surface area contributed by atoms with E-state index in [1.807, 2.05) is 20.8 Å². The fourth-order valence-corrected chi connectivity index (χ4v) is 3.44. The van der Waals surface area contributed by atoms with Gasteiger partial charge in [0.05, 0.1) is 16.8 Å². The maximum atomic E-state index is 12.1. The van der Waals surface area contributed by atoms with E-state index in [1.54, 1.807) is 24.3 Å². The van der Waals surface area contributed by atoms with E-state index < -0.39 is 15.9 Å². The molecule has 1 aromatic rings. The molecule has 0 heterocycles. The van der Waals surface area contributed by atoms with Gasteiger partial charge in [-0.3, -0.25) is 0 Å². The Morgan fingerprint density at radius 2 is 1.86 bits per heavy atom. The average molecular weight is 348 g/mol. The predicted molar refractivity (Wildman–Crippen MR) is 91.2 cm³/mol. The molecule has 1 unspecified atom stereocenters. The molecule has 0 saturated heterocycles. The van der Waals surface area contributed by atoms with E-state index in [1.165, 1.54) is 0 Å². The van der Waals surface area contributed by atoms with Crippen LogP contribution in [-0.4, -0.2) is 37.2 Å². The molecule has 4 nitrogen and oxygen atoms in total. The second-order valence-corrected chi connectivity index (χ2v) is 8.53. The van der Waals surface area contributed by atoms with Gasteiger partial charge < -0.3 is 10.4 Å². The highest BCUT2D eigenvalue weighted by Crippen LogP contribution is 2.18. The molecule has 0 aromatic heterocycles. The number of hydrogen-bond donors (Lipinski definition) is 2. The molecule has 0 aliphatic heterocycles. The van der Waals surface area contributed by atoms with Gasteiger partial charge in [0.25, 0.3) is 0 Å². The van der Waals surface area contributed by atoms with E-state index in [-0.39, 0.29) is 11.3 Å². The molecule has 0 radical (unpaired) electrons. The van der Waals surface area contributed by atoms with Crippen LogP contribution in [0.3, 0.4) is 0 Å². The Morgan fingerprint density at radius 1 is 1.27 bits per heavy atom. The Bertz CT molecular complexity index is 555. The number of nitrogens with one attached hydrogen (secondary N) is 1. The van der Waals surface area contributed by atoms with Gasteiger partial charge >= 0.3 is 0 Å². The summed E-state index contributed by atoms with van der Waals surface area (Å²) in [7, 11) is -3.22. The monoisotopic (exact) mass is 347 g/mol. The number of unbranched alkanes of at least 4 members (excludes halogenated alkanes) is 1. The minimum atomic E-state index is -3.22. The lowest BCUT2D eigenvalue weighted by Gasteiger charge is -2.25. The standard InChI is InChI=1S/C16H26ClNO3S/c1-4-5-10-22(20,21)14-8-6-13(7-9-14)15(19)11-18-16(2,3)12-17/h6-9,15,18-19H,4-5,10-12H2,1-3H3. The summed E-state index contributed by atoms with van der Waals surface area (Å²) in [4.78, 5) is 0.311. The number of alkyl halides is 1. The SMILES string of the molecule is CCCCS(=O)(=O)c1ccc(C(O)CNC(C)(C)CCl)cc1. The van der Waals surface area contributed by atoms with E-state index in [2.05, 4.69) is 5.32 Å². The molecule has 0 spiro atoms. The normalized spacial score (nSPS) is 14.0. The maximum absolute atomic E-state index is 12.1. The summed E-state index contributed by atoms with van der Waals surface area (Å²) >= 11 is 5.82. The van der Waals surface area contributed by atoms with E-state index >= 15 is 0 Å². The number of sulfone groups is 1. The first-order valence-electron chi connectivity index (χ1n) is 7.53. The lowest BCUT2D eigenvalue weighted by Crippen LogP contribution is -2.43. The second-order valence-electron chi connectivity index (χ2n) is 6.16. The van der Waals surface area contributed by atoms with Crippen LogP contribution in [0.15, 0.2) is 29.2 Å². The summed E-state index contributed by atoms with van der Waals surface area (Å²) in [5, 5.41) is 13.3. The Hall–Kier alpha value is -0.620. The maximum Gasteiger partial charge on any atom is 0.178 e. The summed E-state index contributed by atoms with van der Waals surface area (Å²) in [5.74, 6) is 0.602. The van der Waals surface area contributed by atoms with Crippen LogP contribution in [0.5, 0.6) is 0 Å². The first kappa shape index (κ1) is 19.4. The summed E-state index contributed by atoms with van der Waals surface area (Å²) in [6, 6.07) is 6.46. The molecule has 22 heavy (non-hydrogen) atoms. The van der Waals surface area contributed by atoms with Crippen LogP contribution in [0.2, 0.25) is 0 Å². The van der Waals surface area contributed by atoms with Crippen LogP contribution < -0.4 is 5.32 Å². The molecule has 0 aliphatic rings. The van der Waals surface area contributed by atoms with Gasteiger partial charge in [0.1, 0.15) is 0 Å². The molecule has 0 bridgehead atoms. The van der Waals surface area contributed by atoms with Gasteiger partial charge in [-0.25, -0.2) is 8.42 Å². The van der Waals surface area contributed by atoms with Crippen LogP contribution in [-0.2, 0) is 9.84 Å². The van der Waals surface area contributed by atoms with Gasteiger partial charge in [0, 0.05) is 18.0 Å². The Labute approximate surface area is 138 Å². The molecule has 0 aliphatic carbocycles. The third-order valence-corrected chi connectivity index (χ3v) is 5.98. The van der Waals surface area contributed by atoms with Gasteiger partial charge in [0.15, 0.2) is 9.84 Å². The first-order valence-corrected chi connectivity index (χ1v) is 9.72. The largest absolute Gasteiger partial charge is 0.387 e. The third kappa shape index (κ3) is 5.88. The molecular formula is C16H26ClNO3S. The zero-order chi connectivity index (χ0) is 16.8. The summed E-state index contributed by atoms with van der Waals surface area (Å²) in [6.45, 7) is 6.23. The Balaban J connectivity index is 2.72. The van der Waals surface area contributed by atoms with Crippen molar-refractivity contribution >= 4 is 21.4 Å². The van der Waals surface area contributed by atoms with Crippen molar-refractivity contribution in [1.29, 1.82) is 0 Å². The average Bonchev–Trinajstić information content (AvgIpc) is 2.51. The van der Waals surface area contributed by atoms with Crippen molar-refractivity contribution in [2.24, 2.45) is 0 Å². The van der Waals surface area contributed by atoms with Crippen molar-refractivity contribution in [3.8, 4) is 0 Å². The number of aliphatic hydroxyl groups is 1. The quantitative estimate of drug-likeness (QED) is 0.674. The Kier molecular flexibility index (Phi) is 7.32. The first-order chi connectivity index (χ1) is 10.2. The van der Waals surface area contributed by atoms with Crippen molar-refractivity contribution in [1.82, 2.24) is 5.32 Å². The topological polar surface area (TPSA) is 66.4 Å². The molecule has 0 fully saturated rings. The predicted octanol–water partition coefficient (Wildman–Crippen LogP) is 2.90. The molecule has 2 N–H and O–H groups in total. The minimum absolute atomic E-state index is 0.164. The van der Waals surface area contributed by atoms with Gasteiger partial charge in [-0.2, -0.15) is 0 Å². The lowest BCUT2D eigenvalue weighted by atomic mass is 10.1. The molecule has 126 valence electrons. The number of hydrogen-bond acceptors (Lipinski definition) is 4. The van der Waals surface area contributed by atoms with E-state index in [9.17, 15) is 13.5 Å². The summed E-state index contributed by atoms with van der Waals surface area (Å²) in [5.41, 5.74) is 0.429. The fourth-order valence-electron chi connectivity index (χ4n) is 1.89. The van der Waals surface area contributed by atoms with Crippen LogP contribution in [0.4, 0.5) is 0 Å². The molecule has 1 aromatic carbocycles. The van der Waals surface area contributed by atoms with E-state index in [0.29, 0.717) is 29.3 Å². The van der Waals surface area contributed by atoms with E-state index in [4.69, 9.17) is 11.6 Å². The smallest absolute Gasteiger partial charge is 0.178 e. The zero-order valence-corrected chi connectivity index (χ0v) is 15.0. The molecule has 0 saturated carbocycles. The second kappa shape index (κ2) is 8.29. The number of halogens is 1. The molecular weight excluding hydrogens is 322 g/mol. The van der Waals surface area contributed by atoms with Crippen LogP contribution in [0, 0.1) is 0 Å². The van der Waals surface area contributed by atoms with Crippen molar-refractivity contribution < 1.29 is 13.5 Å². The van der Waals surface area contributed by atoms with Gasteiger partial charge in [-0.15, -0.1) is 11.6 Å². The highest BCUT2D eigenvalue weighted by Gasteiger charge is 2.19. The number of β-amino-alcohol motifs (C(OH)–C–C–N with tert-alkyl or cyclic N) is 1. The van der Waals surface area contributed by atoms with Gasteiger partial charge in [0.2, 0.25) is 0 Å². The zero-order valence-electron chi connectivity index (χ0n) is 13.5. The minimum Gasteiger partial charge on any atom is -0.387 e. The number of aliphatic hydroxyl groups excluding tert-OH is 1. The lowest BCUT2D eigenvalue weighted by molar-refractivity contribution is 0.163. The third-order valence-electron chi connectivity index (χ3n) is 3.50. The van der Waals surface area contributed by atoms with Crippen molar-refractivity contribution in [2.45, 2.75) is 50.2 Å². The fraction of sp³-hybridized carbons (Fsp3) is 0.625. The van der Waals surface area contributed by atoms with Crippen molar-refractivity contribution in [3.05, 3.63) is 29.8 Å². The van der Waals surface area contributed by atoms with Gasteiger partial charge in [-0.05, 0) is 38.0 Å². The van der Waals surface area contributed by atoms with Crippen molar-refractivity contribution in [2.75, 3.05) is 18.2 Å². The number of benzene rings is 1. The van der Waals surface area contributed by atoms with Crippen LogP contribution in [0.25, 0.3) is 0 Å². The summed E-state index contributed by atoms with van der Waals surface area (Å²) in [6.07, 6.45) is 0.803. The van der Waals surface area contributed by atoms with Crippen LogP contribution >= 0.6 is 11.6 Å². The molecule has 1 atom stereocenters. The Morgan fingerprint density at radius 3 is 2.36 bits per heavy atom. The van der Waals surface area contributed by atoms with E-state index in [0.717, 1.165) is 6.42 Å². The van der Waals surface area contributed by atoms with Crippen LogP contribution in [0.1, 0.15) is 45.3 Å². The number of rotatable bonds is 9.